The normalized spacial score (nSPS) is 15.3. The molecule has 0 saturated heterocycles. The molecular weight excluding hydrogens is 327 g/mol. The van der Waals surface area contributed by atoms with Gasteiger partial charge in [0.05, 0.1) is 6.61 Å². The van der Waals surface area contributed by atoms with Gasteiger partial charge in [-0.2, -0.15) is 13.2 Å². The molecule has 0 saturated carbocycles. The molecule has 0 aliphatic carbocycles. The van der Waals surface area contributed by atoms with Crippen LogP contribution in [0.3, 0.4) is 0 Å². The van der Waals surface area contributed by atoms with Gasteiger partial charge in [-0.15, -0.1) is 11.8 Å². The maximum Gasteiger partial charge on any atom is 0.450 e. The number of alkyl halides is 3. The number of anilines is 1. The predicted octanol–water partition coefficient (Wildman–Crippen LogP) is 4.51. The first kappa shape index (κ1) is 17.7. The maximum absolute atomic E-state index is 13.0. The minimum atomic E-state index is -4.66. The van der Waals surface area contributed by atoms with Crippen molar-refractivity contribution in [2.24, 2.45) is 0 Å². The Hall–Kier alpha value is -1.63. The Labute approximate surface area is 137 Å². The number of benzene rings is 1. The van der Waals surface area contributed by atoms with Crippen molar-refractivity contribution in [2.75, 3.05) is 17.7 Å². The first-order valence-electron chi connectivity index (χ1n) is 7.39. The second-order valence-electron chi connectivity index (χ2n) is 5.07. The lowest BCUT2D eigenvalue weighted by Gasteiger charge is -2.22. The van der Waals surface area contributed by atoms with E-state index in [0.717, 1.165) is 36.6 Å². The van der Waals surface area contributed by atoms with Crippen molar-refractivity contribution in [3.05, 3.63) is 40.5 Å². The van der Waals surface area contributed by atoms with Gasteiger partial charge in [-0.3, -0.25) is 4.79 Å². The fraction of sp³-hybridized carbons (Fsp3) is 0.438. The van der Waals surface area contributed by atoms with Gasteiger partial charge in [0.1, 0.15) is 4.91 Å². The third-order valence-electron chi connectivity index (χ3n) is 3.31. The molecule has 0 unspecified atom stereocenters. The SMILES string of the molecule is CCCCc1ccccc1NC(=O)C1=C(C(F)(F)F)OCCS1. The Morgan fingerprint density at radius 2 is 2.09 bits per heavy atom. The zero-order valence-electron chi connectivity index (χ0n) is 12.7. The fourth-order valence-electron chi connectivity index (χ4n) is 2.20. The Balaban J connectivity index is 2.23. The van der Waals surface area contributed by atoms with Crippen LogP contribution in [0.5, 0.6) is 0 Å². The van der Waals surface area contributed by atoms with E-state index in [2.05, 4.69) is 17.0 Å². The standard InChI is InChI=1S/C16H18F3NO2S/c1-2-3-6-11-7-4-5-8-12(11)20-15(21)13-14(16(17,18)19)22-9-10-23-13/h4-5,7-8H,2-3,6,9-10H2,1H3,(H,20,21). The highest BCUT2D eigenvalue weighted by molar-refractivity contribution is 8.04. The highest BCUT2D eigenvalue weighted by atomic mass is 32.2. The fourth-order valence-corrected chi connectivity index (χ4v) is 3.06. The summed E-state index contributed by atoms with van der Waals surface area (Å²) in [5.74, 6) is -1.65. The lowest BCUT2D eigenvalue weighted by Crippen LogP contribution is -2.26. The summed E-state index contributed by atoms with van der Waals surface area (Å²) < 4.78 is 43.6. The number of halogens is 3. The van der Waals surface area contributed by atoms with Crippen LogP contribution in [0.1, 0.15) is 25.3 Å². The summed E-state index contributed by atoms with van der Waals surface area (Å²) >= 11 is 0.872. The van der Waals surface area contributed by atoms with Gasteiger partial charge in [-0.1, -0.05) is 31.5 Å². The van der Waals surface area contributed by atoms with Crippen molar-refractivity contribution < 1.29 is 22.7 Å². The summed E-state index contributed by atoms with van der Waals surface area (Å²) in [5, 5.41) is 2.59. The maximum atomic E-state index is 13.0. The highest BCUT2D eigenvalue weighted by Crippen LogP contribution is 2.37. The molecule has 1 heterocycles. The summed E-state index contributed by atoms with van der Waals surface area (Å²) in [6.45, 7) is 2.00. The number of allylic oxidation sites excluding steroid dienone is 1. The van der Waals surface area contributed by atoms with Crippen LogP contribution < -0.4 is 5.32 Å². The molecule has 23 heavy (non-hydrogen) atoms. The second-order valence-corrected chi connectivity index (χ2v) is 6.17. The average molecular weight is 345 g/mol. The van der Waals surface area contributed by atoms with E-state index >= 15 is 0 Å². The molecule has 0 aromatic heterocycles. The number of aryl methyl sites for hydroxylation is 1. The van der Waals surface area contributed by atoms with Crippen molar-refractivity contribution in [3.8, 4) is 0 Å². The van der Waals surface area contributed by atoms with E-state index in [4.69, 9.17) is 0 Å². The van der Waals surface area contributed by atoms with Crippen molar-refractivity contribution in [1.82, 2.24) is 0 Å². The summed E-state index contributed by atoms with van der Waals surface area (Å²) in [6.07, 6.45) is -1.96. The third-order valence-corrected chi connectivity index (χ3v) is 4.34. The summed E-state index contributed by atoms with van der Waals surface area (Å²) in [6, 6.07) is 7.16. The Bertz CT molecular complexity index is 599. The Kier molecular flexibility index (Phi) is 5.98. The molecule has 0 fully saturated rings. The monoisotopic (exact) mass is 345 g/mol. The van der Waals surface area contributed by atoms with Gasteiger partial charge in [0.2, 0.25) is 5.76 Å². The van der Waals surface area contributed by atoms with Gasteiger partial charge < -0.3 is 10.1 Å². The number of unbranched alkanes of at least 4 members (excludes halogenated alkanes) is 1. The molecule has 0 atom stereocenters. The predicted molar refractivity (Wildman–Crippen MR) is 85.2 cm³/mol. The number of hydrogen-bond donors (Lipinski definition) is 1. The molecule has 3 nitrogen and oxygen atoms in total. The number of hydrogen-bond acceptors (Lipinski definition) is 3. The summed E-state index contributed by atoms with van der Waals surface area (Å²) in [5.41, 5.74) is 1.46. The Morgan fingerprint density at radius 1 is 1.35 bits per heavy atom. The number of carbonyl (C=O) groups is 1. The summed E-state index contributed by atoms with van der Waals surface area (Å²) in [4.78, 5) is 11.9. The van der Waals surface area contributed by atoms with E-state index in [1.54, 1.807) is 12.1 Å². The molecule has 7 heteroatoms. The van der Waals surface area contributed by atoms with E-state index in [-0.39, 0.29) is 6.61 Å². The van der Waals surface area contributed by atoms with Crippen LogP contribution in [0, 0.1) is 0 Å². The first-order chi connectivity index (χ1) is 10.9. The molecule has 0 bridgehead atoms. The number of thioether (sulfide) groups is 1. The van der Waals surface area contributed by atoms with Crippen LogP contribution in [-0.4, -0.2) is 24.4 Å². The minimum Gasteiger partial charge on any atom is -0.487 e. The average Bonchev–Trinajstić information content (AvgIpc) is 2.53. The molecule has 0 spiro atoms. The molecule has 126 valence electrons. The van der Waals surface area contributed by atoms with Crippen LogP contribution in [-0.2, 0) is 16.0 Å². The van der Waals surface area contributed by atoms with Crippen LogP contribution in [0.25, 0.3) is 0 Å². The molecule has 1 aromatic rings. The largest absolute Gasteiger partial charge is 0.487 e. The molecule has 1 N–H and O–H groups in total. The van der Waals surface area contributed by atoms with E-state index in [0.29, 0.717) is 11.4 Å². The smallest absolute Gasteiger partial charge is 0.450 e. The van der Waals surface area contributed by atoms with Gasteiger partial charge in [0.25, 0.3) is 5.91 Å². The Morgan fingerprint density at radius 3 is 2.78 bits per heavy atom. The zero-order chi connectivity index (χ0) is 16.9. The molecule has 1 amide bonds. The minimum absolute atomic E-state index is 0.0522. The van der Waals surface area contributed by atoms with Gasteiger partial charge in [-0.05, 0) is 24.5 Å². The number of nitrogens with one attached hydrogen (secondary N) is 1. The topological polar surface area (TPSA) is 38.3 Å². The van der Waals surface area contributed by atoms with Crippen LogP contribution in [0.2, 0.25) is 0 Å². The van der Waals surface area contributed by atoms with Crippen LogP contribution >= 0.6 is 11.8 Å². The van der Waals surface area contributed by atoms with Crippen molar-refractivity contribution in [2.45, 2.75) is 32.4 Å². The van der Waals surface area contributed by atoms with Crippen molar-refractivity contribution in [1.29, 1.82) is 0 Å². The number of carbonyl (C=O) groups excluding carboxylic acids is 1. The molecule has 1 aliphatic heterocycles. The molecule has 1 aromatic carbocycles. The zero-order valence-corrected chi connectivity index (χ0v) is 13.5. The van der Waals surface area contributed by atoms with Crippen molar-refractivity contribution in [3.63, 3.8) is 0 Å². The van der Waals surface area contributed by atoms with Gasteiger partial charge >= 0.3 is 6.18 Å². The van der Waals surface area contributed by atoms with Crippen molar-refractivity contribution >= 4 is 23.4 Å². The molecule has 1 aliphatic rings. The van der Waals surface area contributed by atoms with E-state index in [1.165, 1.54) is 0 Å². The first-order valence-corrected chi connectivity index (χ1v) is 8.38. The van der Waals surface area contributed by atoms with E-state index < -0.39 is 22.7 Å². The number of rotatable bonds is 5. The van der Waals surface area contributed by atoms with E-state index in [9.17, 15) is 18.0 Å². The molecule has 2 rings (SSSR count). The second kappa shape index (κ2) is 7.77. The number of ether oxygens (including phenoxy) is 1. The number of amides is 1. The number of para-hydroxylation sites is 1. The van der Waals surface area contributed by atoms with Crippen LogP contribution in [0.4, 0.5) is 18.9 Å². The molecule has 0 radical (unpaired) electrons. The highest BCUT2D eigenvalue weighted by Gasteiger charge is 2.42. The quantitative estimate of drug-likeness (QED) is 0.854. The third kappa shape index (κ3) is 4.67. The van der Waals surface area contributed by atoms with Gasteiger partial charge in [-0.25, -0.2) is 0 Å². The lowest BCUT2D eigenvalue weighted by atomic mass is 10.1. The van der Waals surface area contributed by atoms with Gasteiger partial charge in [0, 0.05) is 11.4 Å². The van der Waals surface area contributed by atoms with Crippen LogP contribution in [0.15, 0.2) is 34.9 Å². The van der Waals surface area contributed by atoms with E-state index in [1.807, 2.05) is 12.1 Å². The lowest BCUT2D eigenvalue weighted by molar-refractivity contribution is -0.133. The molecular formula is C16H18F3NO2S. The summed E-state index contributed by atoms with van der Waals surface area (Å²) in [7, 11) is 0. The van der Waals surface area contributed by atoms with Gasteiger partial charge in [0.15, 0.2) is 0 Å².